The van der Waals surface area contributed by atoms with E-state index in [0.29, 0.717) is 24.2 Å². The van der Waals surface area contributed by atoms with Gasteiger partial charge in [-0.25, -0.2) is 9.78 Å². The highest BCUT2D eigenvalue weighted by molar-refractivity contribution is 5.78. The van der Waals surface area contributed by atoms with Gasteiger partial charge in [0.2, 0.25) is 11.7 Å². The van der Waals surface area contributed by atoms with E-state index in [1.165, 1.54) is 6.42 Å². The molecule has 2 bridgehead atoms. The van der Waals surface area contributed by atoms with Crippen LogP contribution >= 0.6 is 0 Å². The van der Waals surface area contributed by atoms with Crippen molar-refractivity contribution in [1.82, 2.24) is 4.90 Å². The van der Waals surface area contributed by atoms with E-state index >= 15 is 0 Å². The van der Waals surface area contributed by atoms with Crippen molar-refractivity contribution in [2.75, 3.05) is 6.54 Å². The number of piperidine rings is 1. The van der Waals surface area contributed by atoms with Gasteiger partial charge in [0.25, 0.3) is 0 Å². The van der Waals surface area contributed by atoms with E-state index in [-0.39, 0.29) is 18.1 Å². The minimum absolute atomic E-state index is 0.215. The summed E-state index contributed by atoms with van der Waals surface area (Å²) in [5.74, 6) is 1.09. The Morgan fingerprint density at radius 1 is 1.26 bits per heavy atom. The van der Waals surface area contributed by atoms with Gasteiger partial charge in [-0.15, -0.1) is 0 Å². The molecular formula is C18H29NO4. The lowest BCUT2D eigenvalue weighted by molar-refractivity contribution is -0.546. The van der Waals surface area contributed by atoms with Gasteiger partial charge in [0.05, 0.1) is 0 Å². The van der Waals surface area contributed by atoms with E-state index in [9.17, 15) is 4.79 Å². The zero-order valence-corrected chi connectivity index (χ0v) is 14.7. The molecule has 5 fully saturated rings. The molecule has 4 saturated heterocycles. The minimum atomic E-state index is -0.732. The topological polar surface area (TPSA) is 48.0 Å². The number of rotatable bonds is 2. The molecule has 1 spiro atoms. The van der Waals surface area contributed by atoms with Crippen LogP contribution in [0.25, 0.3) is 0 Å². The highest BCUT2D eigenvalue weighted by atomic mass is 17.3. The van der Waals surface area contributed by atoms with Crippen LogP contribution in [0.5, 0.6) is 0 Å². The Morgan fingerprint density at radius 2 is 2.04 bits per heavy atom. The summed E-state index contributed by atoms with van der Waals surface area (Å²) < 4.78 is 6.42. The quantitative estimate of drug-likeness (QED) is 0.733. The molecule has 0 aromatic heterocycles. The molecule has 5 aliphatic rings. The molecule has 5 heteroatoms. The van der Waals surface area contributed by atoms with E-state index < -0.39 is 11.4 Å². The third-order valence-electron chi connectivity index (χ3n) is 6.48. The summed E-state index contributed by atoms with van der Waals surface area (Å²) in [5.41, 5.74) is -0.476. The van der Waals surface area contributed by atoms with Gasteiger partial charge in [-0.1, -0.05) is 20.8 Å². The third-order valence-corrected chi connectivity index (χ3v) is 6.48. The minimum Gasteiger partial charge on any atom is -0.321 e. The van der Waals surface area contributed by atoms with Gasteiger partial charge in [0.15, 0.2) is 11.8 Å². The third kappa shape index (κ3) is 2.19. The van der Waals surface area contributed by atoms with Crippen molar-refractivity contribution in [3.05, 3.63) is 0 Å². The lowest BCUT2D eigenvalue weighted by Gasteiger charge is -2.60. The number of carbonyl (C=O) groups excluding carboxylic acids is 1. The molecule has 0 N–H and O–H groups in total. The molecule has 1 amide bonds. The van der Waals surface area contributed by atoms with E-state index in [1.54, 1.807) is 0 Å². The number of nitrogens with zero attached hydrogens (tertiary/aromatic N) is 1. The fourth-order valence-electron chi connectivity index (χ4n) is 5.35. The Bertz CT molecular complexity index is 505. The molecule has 4 heterocycles. The Kier molecular flexibility index (Phi) is 3.56. The molecule has 1 unspecified atom stereocenters. The number of hydrogen-bond acceptors (Lipinski definition) is 4. The summed E-state index contributed by atoms with van der Waals surface area (Å²) in [5, 5.41) is 0. The van der Waals surface area contributed by atoms with Crippen LogP contribution < -0.4 is 0 Å². The highest BCUT2D eigenvalue weighted by Gasteiger charge is 2.68. The van der Waals surface area contributed by atoms with Gasteiger partial charge in [0.1, 0.15) is 0 Å². The molecule has 0 radical (unpaired) electrons. The average molecular weight is 323 g/mol. The van der Waals surface area contributed by atoms with Crippen LogP contribution in [0.4, 0.5) is 0 Å². The van der Waals surface area contributed by atoms with Crippen LogP contribution in [-0.4, -0.2) is 35.0 Å². The molecule has 4 aliphatic heterocycles. The Morgan fingerprint density at radius 3 is 2.78 bits per heavy atom. The fraction of sp³-hybridized carbons (Fsp3) is 0.944. The standard InChI is InChI=1S/C18H29NO4/c1-11(2)10-19-15(20)9-13-6-5-12(3)14-7-8-17(4)21-16(19)18(13,14)23-22-17/h11-14,16H,5-10H2,1-4H3/t12-,13+,14+,16?,17-,18+/m1/s1. The maximum absolute atomic E-state index is 12.8. The summed E-state index contributed by atoms with van der Waals surface area (Å²) in [6, 6.07) is 0. The second-order valence-corrected chi connectivity index (χ2v) is 8.67. The van der Waals surface area contributed by atoms with Gasteiger partial charge in [-0.2, -0.15) is 0 Å². The van der Waals surface area contributed by atoms with Crippen molar-refractivity contribution in [1.29, 1.82) is 0 Å². The molecule has 5 rings (SSSR count). The molecule has 1 saturated carbocycles. The van der Waals surface area contributed by atoms with Crippen molar-refractivity contribution in [3.8, 4) is 0 Å². The maximum atomic E-state index is 12.8. The van der Waals surface area contributed by atoms with Gasteiger partial charge in [0, 0.05) is 25.3 Å². The van der Waals surface area contributed by atoms with Gasteiger partial charge in [-0.3, -0.25) is 4.79 Å². The molecule has 23 heavy (non-hydrogen) atoms. The Hall–Kier alpha value is -0.650. The number of amides is 1. The molecule has 6 atom stereocenters. The van der Waals surface area contributed by atoms with Crippen LogP contribution in [-0.2, 0) is 19.3 Å². The Balaban J connectivity index is 1.80. The van der Waals surface area contributed by atoms with E-state index in [1.807, 2.05) is 11.8 Å². The summed E-state index contributed by atoms with van der Waals surface area (Å²) in [7, 11) is 0. The number of hydrogen-bond donors (Lipinski definition) is 0. The zero-order chi connectivity index (χ0) is 16.4. The second-order valence-electron chi connectivity index (χ2n) is 8.67. The fourth-order valence-corrected chi connectivity index (χ4v) is 5.35. The lowest BCUT2D eigenvalue weighted by atomic mass is 9.59. The highest BCUT2D eigenvalue weighted by Crippen LogP contribution is 2.59. The predicted octanol–water partition coefficient (Wildman–Crippen LogP) is 3.09. The Labute approximate surface area is 138 Å². The smallest absolute Gasteiger partial charge is 0.225 e. The molecule has 0 aromatic carbocycles. The van der Waals surface area contributed by atoms with Gasteiger partial charge >= 0.3 is 0 Å². The number of likely N-dealkylation sites (tertiary alicyclic amines) is 1. The zero-order valence-electron chi connectivity index (χ0n) is 14.7. The van der Waals surface area contributed by atoms with Crippen LogP contribution in [0, 0.1) is 23.7 Å². The molecule has 5 nitrogen and oxygen atoms in total. The van der Waals surface area contributed by atoms with Crippen molar-refractivity contribution in [3.63, 3.8) is 0 Å². The summed E-state index contributed by atoms with van der Waals surface area (Å²) in [6.45, 7) is 9.28. The van der Waals surface area contributed by atoms with E-state index in [2.05, 4.69) is 20.8 Å². The number of carbonyl (C=O) groups is 1. The molecule has 130 valence electrons. The first-order valence-corrected chi connectivity index (χ1v) is 9.20. The van der Waals surface area contributed by atoms with Crippen LogP contribution in [0.1, 0.15) is 59.8 Å². The van der Waals surface area contributed by atoms with Crippen molar-refractivity contribution < 1.29 is 19.3 Å². The summed E-state index contributed by atoms with van der Waals surface area (Å²) >= 11 is 0. The van der Waals surface area contributed by atoms with Crippen LogP contribution in [0.15, 0.2) is 0 Å². The monoisotopic (exact) mass is 323 g/mol. The SMILES string of the molecule is CC(C)CN1C(=O)C[C@@H]2CC[C@@H](C)[C@@H]3CC[C@@]4(C)OO[C@@]23C1O4. The summed E-state index contributed by atoms with van der Waals surface area (Å²) in [6.07, 6.45) is 4.34. The number of ether oxygens (including phenoxy) is 1. The normalized spacial score (nSPS) is 49.3. The predicted molar refractivity (Wildman–Crippen MR) is 84.0 cm³/mol. The lowest BCUT2D eigenvalue weighted by Crippen LogP contribution is -2.73. The van der Waals surface area contributed by atoms with Crippen LogP contribution in [0.2, 0.25) is 0 Å². The first-order chi connectivity index (χ1) is 10.9. The van der Waals surface area contributed by atoms with Crippen molar-refractivity contribution in [2.24, 2.45) is 23.7 Å². The van der Waals surface area contributed by atoms with Gasteiger partial charge < -0.3 is 9.64 Å². The molecule has 1 aliphatic carbocycles. The van der Waals surface area contributed by atoms with Crippen molar-refractivity contribution in [2.45, 2.75) is 77.4 Å². The molecular weight excluding hydrogens is 294 g/mol. The summed E-state index contributed by atoms with van der Waals surface area (Å²) in [4.78, 5) is 26.7. The van der Waals surface area contributed by atoms with Crippen molar-refractivity contribution >= 4 is 5.91 Å². The van der Waals surface area contributed by atoms with E-state index in [4.69, 9.17) is 14.5 Å². The average Bonchev–Trinajstić information content (AvgIpc) is 2.72. The van der Waals surface area contributed by atoms with Gasteiger partial charge in [-0.05, 0) is 43.9 Å². The first kappa shape index (κ1) is 15.9. The largest absolute Gasteiger partial charge is 0.321 e. The first-order valence-electron chi connectivity index (χ1n) is 9.20. The number of fused-ring (bicyclic) bond motifs is 2. The van der Waals surface area contributed by atoms with E-state index in [0.717, 1.165) is 25.8 Å². The molecule has 0 aromatic rings. The maximum Gasteiger partial charge on any atom is 0.225 e. The van der Waals surface area contributed by atoms with Crippen LogP contribution in [0.3, 0.4) is 0 Å². The second kappa shape index (κ2) is 5.17.